The minimum Gasteiger partial charge on any atom is -0.324 e. The SMILES string of the molecule is C[N+](C)(CCc1ccc(CC[N+](C)(C)Cc2ccccc2)cc1)Cc1ccccc1. The highest BCUT2D eigenvalue weighted by atomic mass is 15.3. The summed E-state index contributed by atoms with van der Waals surface area (Å²) >= 11 is 0. The number of likely N-dealkylation sites (N-methyl/N-ethyl adjacent to an activating group) is 2. The second-order valence-corrected chi connectivity index (χ2v) is 9.92. The van der Waals surface area contributed by atoms with Crippen LogP contribution in [0.15, 0.2) is 84.9 Å². The molecule has 2 nitrogen and oxygen atoms in total. The normalized spacial score (nSPS) is 12.1. The third-order valence-electron chi connectivity index (χ3n) is 5.94. The molecule has 3 rings (SSSR count). The quantitative estimate of drug-likeness (QED) is 0.402. The third-order valence-corrected chi connectivity index (χ3v) is 5.94. The summed E-state index contributed by atoms with van der Waals surface area (Å²) in [7, 11) is 9.31. The van der Waals surface area contributed by atoms with E-state index in [1.165, 1.54) is 22.3 Å². The van der Waals surface area contributed by atoms with Gasteiger partial charge in [-0.1, -0.05) is 84.9 Å². The molecule has 0 fully saturated rings. The number of hydrogen-bond donors (Lipinski definition) is 0. The molecule has 0 saturated heterocycles. The molecule has 0 aliphatic rings. The minimum atomic E-state index is 1.01. The number of nitrogens with zero attached hydrogens (tertiary/aromatic N) is 2. The van der Waals surface area contributed by atoms with Crippen LogP contribution in [0.1, 0.15) is 22.3 Å². The van der Waals surface area contributed by atoms with E-state index < -0.39 is 0 Å². The Balaban J connectivity index is 1.47. The zero-order chi connectivity index (χ0) is 21.5. The number of hydrogen-bond acceptors (Lipinski definition) is 0. The van der Waals surface area contributed by atoms with Gasteiger partial charge >= 0.3 is 0 Å². The average molecular weight is 403 g/mol. The van der Waals surface area contributed by atoms with E-state index in [2.05, 4.69) is 113 Å². The highest BCUT2D eigenvalue weighted by Gasteiger charge is 2.17. The average Bonchev–Trinajstić information content (AvgIpc) is 2.72. The van der Waals surface area contributed by atoms with E-state index in [0.29, 0.717) is 0 Å². The summed E-state index contributed by atoms with van der Waals surface area (Å²) in [5.74, 6) is 0. The fourth-order valence-electron chi connectivity index (χ4n) is 4.05. The highest BCUT2D eigenvalue weighted by Crippen LogP contribution is 2.14. The molecule has 0 aliphatic heterocycles. The first-order valence-corrected chi connectivity index (χ1v) is 11.1. The summed E-state index contributed by atoms with van der Waals surface area (Å²) in [6.07, 6.45) is 2.24. The molecule has 0 aromatic heterocycles. The van der Waals surface area contributed by atoms with Gasteiger partial charge < -0.3 is 8.97 Å². The Hall–Kier alpha value is -2.42. The molecule has 30 heavy (non-hydrogen) atoms. The van der Waals surface area contributed by atoms with Gasteiger partial charge in [0.2, 0.25) is 0 Å². The zero-order valence-electron chi connectivity index (χ0n) is 19.2. The molecule has 0 aliphatic carbocycles. The van der Waals surface area contributed by atoms with Crippen molar-refractivity contribution in [3.63, 3.8) is 0 Å². The van der Waals surface area contributed by atoms with Gasteiger partial charge in [-0.15, -0.1) is 0 Å². The molecular weight excluding hydrogens is 364 g/mol. The summed E-state index contributed by atoms with van der Waals surface area (Å²) in [5.41, 5.74) is 5.70. The standard InChI is InChI=1S/C28H38N2/c1-29(2,23-27-11-7-5-8-12-27)21-19-25-15-17-26(18-16-25)20-22-30(3,4)24-28-13-9-6-10-14-28/h5-18H,19-24H2,1-4H3/q+2. The van der Waals surface area contributed by atoms with Gasteiger partial charge in [0.05, 0.1) is 41.3 Å². The molecule has 0 unspecified atom stereocenters. The van der Waals surface area contributed by atoms with Gasteiger partial charge in [0.25, 0.3) is 0 Å². The van der Waals surface area contributed by atoms with Gasteiger partial charge in [0.15, 0.2) is 0 Å². The van der Waals surface area contributed by atoms with Crippen LogP contribution >= 0.6 is 0 Å². The molecule has 3 aromatic rings. The maximum atomic E-state index is 2.33. The summed E-state index contributed by atoms with van der Waals surface area (Å²) < 4.78 is 2.02. The summed E-state index contributed by atoms with van der Waals surface area (Å²) in [6.45, 7) is 4.45. The fourth-order valence-corrected chi connectivity index (χ4v) is 4.05. The van der Waals surface area contributed by atoms with E-state index in [-0.39, 0.29) is 0 Å². The Kier molecular flexibility index (Phi) is 7.47. The van der Waals surface area contributed by atoms with E-state index in [4.69, 9.17) is 0 Å². The van der Waals surface area contributed by atoms with Crippen LogP contribution in [-0.4, -0.2) is 50.2 Å². The monoisotopic (exact) mass is 402 g/mol. The van der Waals surface area contributed by atoms with Crippen molar-refractivity contribution in [1.82, 2.24) is 0 Å². The van der Waals surface area contributed by atoms with Crippen LogP contribution in [0.2, 0.25) is 0 Å². The Bertz CT molecular complexity index is 804. The molecule has 2 heteroatoms. The van der Waals surface area contributed by atoms with Gasteiger partial charge in [-0.2, -0.15) is 0 Å². The summed E-state index contributed by atoms with van der Waals surface area (Å²) in [5, 5.41) is 0. The lowest BCUT2D eigenvalue weighted by molar-refractivity contribution is -0.903. The lowest BCUT2D eigenvalue weighted by Gasteiger charge is -2.30. The van der Waals surface area contributed by atoms with Gasteiger partial charge in [-0.25, -0.2) is 0 Å². The Labute approximate surface area is 183 Å². The van der Waals surface area contributed by atoms with Crippen molar-refractivity contribution in [1.29, 1.82) is 0 Å². The molecule has 0 heterocycles. The first kappa shape index (κ1) is 22.3. The lowest BCUT2D eigenvalue weighted by atomic mass is 10.1. The van der Waals surface area contributed by atoms with Crippen LogP contribution in [0.4, 0.5) is 0 Å². The first-order chi connectivity index (χ1) is 14.3. The maximum absolute atomic E-state index is 2.33. The van der Waals surface area contributed by atoms with E-state index in [9.17, 15) is 0 Å². The molecule has 0 bridgehead atoms. The van der Waals surface area contributed by atoms with Crippen molar-refractivity contribution in [3.05, 3.63) is 107 Å². The summed E-state index contributed by atoms with van der Waals surface area (Å²) in [6, 6.07) is 30.9. The Morgan fingerprint density at radius 3 is 1.10 bits per heavy atom. The van der Waals surface area contributed by atoms with Crippen molar-refractivity contribution in [2.24, 2.45) is 0 Å². The van der Waals surface area contributed by atoms with Gasteiger partial charge in [-0.3, -0.25) is 0 Å². The van der Waals surface area contributed by atoms with E-state index in [1.54, 1.807) is 0 Å². The van der Waals surface area contributed by atoms with Crippen molar-refractivity contribution in [2.45, 2.75) is 25.9 Å². The van der Waals surface area contributed by atoms with Gasteiger partial charge in [0, 0.05) is 24.0 Å². The second kappa shape index (κ2) is 10.1. The topological polar surface area (TPSA) is 0 Å². The maximum Gasteiger partial charge on any atom is 0.104 e. The van der Waals surface area contributed by atoms with E-state index >= 15 is 0 Å². The fraction of sp³-hybridized carbons (Fsp3) is 0.357. The minimum absolute atomic E-state index is 1.01. The van der Waals surface area contributed by atoms with E-state index in [1.807, 2.05) is 0 Å². The second-order valence-electron chi connectivity index (χ2n) is 9.92. The van der Waals surface area contributed by atoms with Crippen LogP contribution in [0, 0.1) is 0 Å². The molecule has 0 amide bonds. The largest absolute Gasteiger partial charge is 0.324 e. The van der Waals surface area contributed by atoms with Crippen LogP contribution in [-0.2, 0) is 25.9 Å². The number of quaternary nitrogens is 2. The Morgan fingerprint density at radius 1 is 0.433 bits per heavy atom. The van der Waals surface area contributed by atoms with Gasteiger partial charge in [0.1, 0.15) is 13.1 Å². The van der Waals surface area contributed by atoms with Crippen molar-refractivity contribution in [2.75, 3.05) is 41.3 Å². The number of rotatable bonds is 10. The molecule has 158 valence electrons. The van der Waals surface area contributed by atoms with Crippen LogP contribution in [0.25, 0.3) is 0 Å². The molecule has 0 saturated carbocycles. The molecule has 3 aromatic carbocycles. The predicted octanol–water partition coefficient (Wildman–Crippen LogP) is 5.32. The molecule has 0 radical (unpaired) electrons. The van der Waals surface area contributed by atoms with Crippen molar-refractivity contribution < 1.29 is 8.97 Å². The van der Waals surface area contributed by atoms with Crippen LogP contribution < -0.4 is 0 Å². The first-order valence-electron chi connectivity index (χ1n) is 11.1. The predicted molar refractivity (Wildman–Crippen MR) is 128 cm³/mol. The van der Waals surface area contributed by atoms with Gasteiger partial charge in [-0.05, 0) is 11.1 Å². The van der Waals surface area contributed by atoms with Crippen LogP contribution in [0.3, 0.4) is 0 Å². The molecular formula is C28H38N2+2. The van der Waals surface area contributed by atoms with Crippen molar-refractivity contribution in [3.8, 4) is 0 Å². The molecule has 0 spiro atoms. The summed E-state index contributed by atoms with van der Waals surface area (Å²) in [4.78, 5) is 0. The Morgan fingerprint density at radius 2 is 0.767 bits per heavy atom. The highest BCUT2D eigenvalue weighted by molar-refractivity contribution is 5.23. The van der Waals surface area contributed by atoms with Crippen LogP contribution in [0.5, 0.6) is 0 Å². The van der Waals surface area contributed by atoms with Crippen molar-refractivity contribution >= 4 is 0 Å². The smallest absolute Gasteiger partial charge is 0.104 e. The zero-order valence-corrected chi connectivity index (χ0v) is 19.2. The lowest BCUT2D eigenvalue weighted by Crippen LogP contribution is -2.40. The molecule has 0 N–H and O–H groups in total. The third kappa shape index (κ3) is 7.44. The van der Waals surface area contributed by atoms with E-state index in [0.717, 1.165) is 48.0 Å². The number of benzene rings is 3. The molecule has 0 atom stereocenters.